The van der Waals surface area contributed by atoms with Crippen LogP contribution in [0.5, 0.6) is 23.0 Å². The summed E-state index contributed by atoms with van der Waals surface area (Å²) in [4.78, 5) is 0. The summed E-state index contributed by atoms with van der Waals surface area (Å²) in [6.45, 7) is 0. The third kappa shape index (κ3) is 3.22. The Morgan fingerprint density at radius 1 is 0.295 bits per heavy atom. The van der Waals surface area contributed by atoms with Crippen molar-refractivity contribution in [3.63, 3.8) is 0 Å². The van der Waals surface area contributed by atoms with Crippen LogP contribution in [0.3, 0.4) is 0 Å². The van der Waals surface area contributed by atoms with Gasteiger partial charge in [0.05, 0.1) is 11.1 Å². The first-order valence-corrected chi connectivity index (χ1v) is 14.5. The molecule has 0 aliphatic rings. The standard InChI is InChI=1S/C40H24O4/c41-37-35(29-10-4-9-27-28(29)16-15-26-19-24-5-1-2-6-25(24)20-32(26)27)38(42)40(44)36(39(37)43)31-18-14-23-12-11-21-7-3-8-22-13-17-30(31)34(23)33(21)22/h1-20,41-44H. The maximum Gasteiger partial charge on any atom is 0.170 e. The summed E-state index contributed by atoms with van der Waals surface area (Å²) in [5.41, 5.74) is 0.977. The molecule has 0 aliphatic heterocycles. The second-order valence-corrected chi connectivity index (χ2v) is 11.5. The van der Waals surface area contributed by atoms with E-state index in [1.54, 1.807) is 6.07 Å². The minimum atomic E-state index is -0.493. The van der Waals surface area contributed by atoms with Crippen LogP contribution in [0.4, 0.5) is 0 Å². The summed E-state index contributed by atoms with van der Waals surface area (Å²) in [6.07, 6.45) is 0. The van der Waals surface area contributed by atoms with Gasteiger partial charge in [0.15, 0.2) is 23.0 Å². The van der Waals surface area contributed by atoms with Crippen LogP contribution >= 0.6 is 0 Å². The van der Waals surface area contributed by atoms with E-state index in [9.17, 15) is 20.4 Å². The van der Waals surface area contributed by atoms with Crippen LogP contribution in [-0.2, 0) is 0 Å². The van der Waals surface area contributed by atoms with E-state index in [0.717, 1.165) is 64.6 Å². The van der Waals surface area contributed by atoms with Gasteiger partial charge < -0.3 is 20.4 Å². The van der Waals surface area contributed by atoms with E-state index < -0.39 is 23.0 Å². The average Bonchev–Trinajstić information content (AvgIpc) is 3.06. The second-order valence-electron chi connectivity index (χ2n) is 11.5. The molecule has 0 unspecified atom stereocenters. The zero-order valence-electron chi connectivity index (χ0n) is 23.3. The molecule has 0 aliphatic carbocycles. The summed E-state index contributed by atoms with van der Waals surface area (Å²) in [7, 11) is 0. The quantitative estimate of drug-likeness (QED) is 0.0724. The molecule has 9 aromatic carbocycles. The van der Waals surface area contributed by atoms with Crippen LogP contribution in [0.15, 0.2) is 121 Å². The van der Waals surface area contributed by atoms with E-state index in [-0.39, 0.29) is 11.1 Å². The van der Waals surface area contributed by atoms with Crippen LogP contribution in [-0.4, -0.2) is 20.4 Å². The van der Waals surface area contributed by atoms with Crippen molar-refractivity contribution in [1.82, 2.24) is 0 Å². The lowest BCUT2D eigenvalue weighted by Gasteiger charge is -2.19. The third-order valence-corrected chi connectivity index (χ3v) is 9.21. The predicted octanol–water partition coefficient (Wildman–Crippen LogP) is 10.2. The molecule has 208 valence electrons. The van der Waals surface area contributed by atoms with Crippen molar-refractivity contribution < 1.29 is 20.4 Å². The van der Waals surface area contributed by atoms with E-state index in [1.807, 2.05) is 66.7 Å². The molecule has 0 saturated heterocycles. The maximum absolute atomic E-state index is 11.5. The lowest BCUT2D eigenvalue weighted by molar-refractivity contribution is 0.378. The number of aromatic hydroxyl groups is 4. The van der Waals surface area contributed by atoms with Gasteiger partial charge in [0.25, 0.3) is 0 Å². The summed E-state index contributed by atoms with van der Waals surface area (Å²) in [5.74, 6) is -1.97. The fraction of sp³-hybridized carbons (Fsp3) is 0. The molecule has 0 saturated carbocycles. The summed E-state index contributed by atoms with van der Waals surface area (Å²) < 4.78 is 0. The van der Waals surface area contributed by atoms with Crippen molar-refractivity contribution in [3.8, 4) is 45.3 Å². The summed E-state index contributed by atoms with van der Waals surface area (Å²) in [6, 6.07) is 40.1. The van der Waals surface area contributed by atoms with E-state index in [4.69, 9.17) is 0 Å². The van der Waals surface area contributed by atoms with E-state index in [0.29, 0.717) is 11.1 Å². The number of fused-ring (bicyclic) bond motifs is 4. The Morgan fingerprint density at radius 2 is 0.795 bits per heavy atom. The average molecular weight is 569 g/mol. The molecule has 0 aromatic heterocycles. The molecule has 0 amide bonds. The lowest BCUT2D eigenvalue weighted by Crippen LogP contribution is -1.91. The number of rotatable bonds is 2. The van der Waals surface area contributed by atoms with Gasteiger partial charge in [-0.3, -0.25) is 0 Å². The molecule has 4 nitrogen and oxygen atoms in total. The van der Waals surface area contributed by atoms with Gasteiger partial charge in [-0.2, -0.15) is 0 Å². The molecule has 9 rings (SSSR count). The van der Waals surface area contributed by atoms with Crippen molar-refractivity contribution in [2.75, 3.05) is 0 Å². The smallest absolute Gasteiger partial charge is 0.170 e. The van der Waals surface area contributed by atoms with Crippen molar-refractivity contribution in [1.29, 1.82) is 0 Å². The fourth-order valence-corrected chi connectivity index (χ4v) is 7.16. The lowest BCUT2D eigenvalue weighted by atomic mass is 9.87. The number of phenolic OH excluding ortho intramolecular Hbond substituents is 4. The molecule has 4 N–H and O–H groups in total. The second kappa shape index (κ2) is 8.76. The first-order valence-electron chi connectivity index (χ1n) is 14.5. The number of phenols is 4. The highest BCUT2D eigenvalue weighted by Crippen LogP contribution is 2.57. The highest BCUT2D eigenvalue weighted by atomic mass is 16.3. The molecule has 0 heterocycles. The first kappa shape index (κ1) is 24.6. The molecule has 9 aromatic rings. The van der Waals surface area contributed by atoms with E-state index in [2.05, 4.69) is 48.5 Å². The highest BCUT2D eigenvalue weighted by molar-refractivity contribution is 6.26. The molecule has 0 fully saturated rings. The van der Waals surface area contributed by atoms with Gasteiger partial charge in [-0.05, 0) is 87.9 Å². The number of hydrogen-bond acceptors (Lipinski definition) is 4. The fourth-order valence-electron chi connectivity index (χ4n) is 7.16. The summed E-state index contributed by atoms with van der Waals surface area (Å²) in [5, 5.41) is 58.3. The van der Waals surface area contributed by atoms with Crippen LogP contribution in [0.1, 0.15) is 0 Å². The van der Waals surface area contributed by atoms with E-state index >= 15 is 0 Å². The number of benzene rings is 9. The SMILES string of the molecule is Oc1c(O)c(-c2ccc3ccc4cccc5ccc2c3c45)c(O)c(O)c1-c1cccc2c1ccc1cc3ccccc3cc12. The Kier molecular flexibility index (Phi) is 4.89. The summed E-state index contributed by atoms with van der Waals surface area (Å²) >= 11 is 0. The minimum Gasteiger partial charge on any atom is -0.504 e. The van der Waals surface area contributed by atoms with Gasteiger partial charge >= 0.3 is 0 Å². The first-order chi connectivity index (χ1) is 21.5. The molecule has 0 spiro atoms. The zero-order valence-corrected chi connectivity index (χ0v) is 23.3. The third-order valence-electron chi connectivity index (χ3n) is 9.21. The van der Waals surface area contributed by atoms with Gasteiger partial charge in [0.1, 0.15) is 0 Å². The van der Waals surface area contributed by atoms with Gasteiger partial charge in [-0.25, -0.2) is 0 Å². The van der Waals surface area contributed by atoms with Crippen LogP contribution in [0.25, 0.3) is 86.9 Å². The molecule has 4 heteroatoms. The van der Waals surface area contributed by atoms with Gasteiger partial charge in [-0.15, -0.1) is 0 Å². The molecule has 0 radical (unpaired) electrons. The van der Waals surface area contributed by atoms with Crippen LogP contribution < -0.4 is 0 Å². The van der Waals surface area contributed by atoms with E-state index in [1.165, 1.54) is 0 Å². The normalized spacial score (nSPS) is 12.0. The Bertz CT molecular complexity index is 2610. The Balaban J connectivity index is 1.30. The predicted molar refractivity (Wildman–Crippen MR) is 180 cm³/mol. The topological polar surface area (TPSA) is 80.9 Å². The molecular weight excluding hydrogens is 544 g/mol. The zero-order chi connectivity index (χ0) is 29.7. The maximum atomic E-state index is 11.5. The van der Waals surface area contributed by atoms with Crippen molar-refractivity contribution in [2.24, 2.45) is 0 Å². The monoisotopic (exact) mass is 568 g/mol. The largest absolute Gasteiger partial charge is 0.504 e. The van der Waals surface area contributed by atoms with Crippen molar-refractivity contribution >= 4 is 64.6 Å². The van der Waals surface area contributed by atoms with Gasteiger partial charge in [-0.1, -0.05) is 109 Å². The Hall–Kier alpha value is -6.00. The van der Waals surface area contributed by atoms with Crippen molar-refractivity contribution in [3.05, 3.63) is 121 Å². The highest BCUT2D eigenvalue weighted by Gasteiger charge is 2.28. The molecule has 44 heavy (non-hydrogen) atoms. The van der Waals surface area contributed by atoms with Crippen LogP contribution in [0, 0.1) is 0 Å². The molecular formula is C40H24O4. The molecule has 0 atom stereocenters. The van der Waals surface area contributed by atoms with Crippen molar-refractivity contribution in [2.45, 2.75) is 0 Å². The van der Waals surface area contributed by atoms with Crippen LogP contribution in [0.2, 0.25) is 0 Å². The Labute approximate surface area is 251 Å². The minimum absolute atomic E-state index is 0.0150. The number of hydrogen-bond donors (Lipinski definition) is 4. The van der Waals surface area contributed by atoms with Gasteiger partial charge in [0, 0.05) is 0 Å². The van der Waals surface area contributed by atoms with Gasteiger partial charge in [0.2, 0.25) is 0 Å². The Morgan fingerprint density at radius 3 is 1.50 bits per heavy atom. The molecule has 0 bridgehead atoms.